The van der Waals surface area contributed by atoms with Crippen LogP contribution in [0.15, 0.2) is 48.6 Å². The van der Waals surface area contributed by atoms with Crippen molar-refractivity contribution < 1.29 is 18.8 Å². The van der Waals surface area contributed by atoms with Gasteiger partial charge in [-0.1, -0.05) is 29.8 Å². The summed E-state index contributed by atoms with van der Waals surface area (Å²) < 4.78 is 21.8. The molecule has 2 aromatic carbocycles. The highest BCUT2D eigenvalue weighted by molar-refractivity contribution is 7.85. The Morgan fingerprint density at radius 2 is 2.00 bits per heavy atom. The summed E-state index contributed by atoms with van der Waals surface area (Å²) >= 11 is 6.39. The van der Waals surface area contributed by atoms with Crippen molar-refractivity contribution in [2.24, 2.45) is 11.8 Å². The molecule has 6 rings (SSSR count). The molecule has 8 heteroatoms. The number of nitrogens with zero attached hydrogens (tertiary/aromatic N) is 1. The van der Waals surface area contributed by atoms with Crippen molar-refractivity contribution in [3.05, 3.63) is 70.3 Å². The third-order valence-electron chi connectivity index (χ3n) is 9.57. The van der Waals surface area contributed by atoms with Gasteiger partial charge in [0, 0.05) is 29.1 Å². The quantitative estimate of drug-likeness (QED) is 0.388. The molecular formula is C32H39ClN2O4S. The van der Waals surface area contributed by atoms with Crippen LogP contribution in [0.4, 0.5) is 5.69 Å². The highest BCUT2D eigenvalue weighted by Crippen LogP contribution is 2.47. The molecule has 1 saturated carbocycles. The number of benzene rings is 2. The van der Waals surface area contributed by atoms with Crippen LogP contribution >= 0.6 is 11.6 Å². The molecule has 0 aromatic heterocycles. The van der Waals surface area contributed by atoms with Crippen LogP contribution in [0.2, 0.25) is 5.02 Å². The molecule has 2 aromatic rings. The van der Waals surface area contributed by atoms with Gasteiger partial charge >= 0.3 is 0 Å². The van der Waals surface area contributed by atoms with Gasteiger partial charge in [0.15, 0.2) is 0 Å². The van der Waals surface area contributed by atoms with Crippen molar-refractivity contribution in [1.29, 1.82) is 0 Å². The van der Waals surface area contributed by atoms with Crippen molar-refractivity contribution in [3.8, 4) is 5.75 Å². The van der Waals surface area contributed by atoms with E-state index < -0.39 is 21.8 Å². The Balaban J connectivity index is 1.41. The summed E-state index contributed by atoms with van der Waals surface area (Å²) in [6.07, 6.45) is 9.88. The van der Waals surface area contributed by atoms with Gasteiger partial charge in [-0.3, -0.25) is 9.52 Å². The van der Waals surface area contributed by atoms with Gasteiger partial charge in [-0.2, -0.15) is 0 Å². The van der Waals surface area contributed by atoms with Crippen LogP contribution in [-0.2, 0) is 22.8 Å². The molecule has 0 radical (unpaired) electrons. The lowest BCUT2D eigenvalue weighted by Gasteiger charge is -2.45. The smallest absolute Gasteiger partial charge is 0.263 e. The van der Waals surface area contributed by atoms with Gasteiger partial charge in [-0.15, -0.1) is 0 Å². The Bertz CT molecular complexity index is 1360. The Hall–Kier alpha value is -2.35. The lowest BCUT2D eigenvalue weighted by molar-refractivity contribution is 0.0177. The first-order chi connectivity index (χ1) is 19.1. The second-order valence-corrected chi connectivity index (χ2v) is 15.0. The molecule has 1 amide bonds. The van der Waals surface area contributed by atoms with E-state index in [0.29, 0.717) is 30.9 Å². The van der Waals surface area contributed by atoms with Crippen LogP contribution in [0.3, 0.4) is 0 Å². The number of carbonyl (C=O) groups excluding carboxylic acids is 1. The topological polar surface area (TPSA) is 78.9 Å². The molecule has 2 N–H and O–H groups in total. The van der Waals surface area contributed by atoms with Crippen LogP contribution < -0.4 is 14.4 Å². The zero-order valence-corrected chi connectivity index (χ0v) is 24.9. The summed E-state index contributed by atoms with van der Waals surface area (Å²) in [5.74, 6) is 0.997. The molecule has 2 bridgehead atoms. The number of hydrogen-bond donors (Lipinski definition) is 2. The summed E-state index contributed by atoms with van der Waals surface area (Å²) in [5, 5.41) is 11.9. The molecular weight excluding hydrogens is 544 g/mol. The Morgan fingerprint density at radius 1 is 1.15 bits per heavy atom. The normalized spacial score (nSPS) is 32.5. The van der Waals surface area contributed by atoms with Crippen molar-refractivity contribution >= 4 is 34.2 Å². The predicted octanol–water partition coefficient (Wildman–Crippen LogP) is 5.72. The molecule has 4 aliphatic rings. The maximum absolute atomic E-state index is 13.3. The SMILES string of the molecule is CC1(C)C/C=C\CC(O)C2CCC2CN2CC3(CCCc4cc(Cl)ccc43)COc3ccc(cc32)C(=O)NS1=O. The van der Waals surface area contributed by atoms with E-state index in [1.54, 1.807) is 6.07 Å². The van der Waals surface area contributed by atoms with E-state index in [9.17, 15) is 14.1 Å². The summed E-state index contributed by atoms with van der Waals surface area (Å²) in [6.45, 7) is 5.87. The number of allylic oxidation sites excluding steroid dienone is 1. The molecule has 5 unspecified atom stereocenters. The number of rotatable bonds is 0. The standard InChI is InChI=1S/C32H39ClN2O4S/c1-31(2)14-4-3-7-28(36)25-11-8-23(25)18-35-19-32(15-5-6-21-16-24(33)10-12-26(21)32)20-39-29-13-9-22(17-27(29)35)30(37)34-40(31)38/h3-4,9-10,12-13,16-17,23,25,28,36H,5-8,11,14-15,18-20H2,1-2H3,(H,34,37)/b4-3-. The van der Waals surface area contributed by atoms with Gasteiger partial charge in [-0.25, -0.2) is 4.21 Å². The first kappa shape index (κ1) is 27.8. The van der Waals surface area contributed by atoms with Crippen LogP contribution in [0.1, 0.15) is 73.9 Å². The molecule has 1 spiro atoms. The van der Waals surface area contributed by atoms with E-state index in [-0.39, 0.29) is 17.2 Å². The Kier molecular flexibility index (Phi) is 7.51. The van der Waals surface area contributed by atoms with Gasteiger partial charge in [0.25, 0.3) is 5.91 Å². The van der Waals surface area contributed by atoms with E-state index in [4.69, 9.17) is 16.3 Å². The van der Waals surface area contributed by atoms with E-state index in [1.807, 2.05) is 44.2 Å². The maximum atomic E-state index is 13.3. The zero-order valence-electron chi connectivity index (χ0n) is 23.3. The highest BCUT2D eigenvalue weighted by atomic mass is 35.5. The number of fused-ring (bicyclic) bond motifs is 4. The number of halogens is 1. The summed E-state index contributed by atoms with van der Waals surface area (Å²) in [4.78, 5) is 15.7. The predicted molar refractivity (Wildman–Crippen MR) is 161 cm³/mol. The van der Waals surface area contributed by atoms with E-state index in [0.717, 1.165) is 61.7 Å². The molecule has 40 heavy (non-hydrogen) atoms. The molecule has 214 valence electrons. The second kappa shape index (κ2) is 10.8. The Morgan fingerprint density at radius 3 is 2.80 bits per heavy atom. The van der Waals surface area contributed by atoms with Crippen molar-refractivity contribution in [2.75, 3.05) is 24.6 Å². The first-order valence-electron chi connectivity index (χ1n) is 14.5. The number of aliphatic hydroxyl groups excluding tert-OH is 1. The number of anilines is 1. The van der Waals surface area contributed by atoms with Crippen LogP contribution in [0.5, 0.6) is 5.75 Å². The third kappa shape index (κ3) is 5.21. The van der Waals surface area contributed by atoms with E-state index in [1.165, 1.54) is 11.1 Å². The number of aryl methyl sites for hydroxylation is 1. The minimum Gasteiger partial charge on any atom is -0.490 e. The summed E-state index contributed by atoms with van der Waals surface area (Å²) in [7, 11) is -1.58. The van der Waals surface area contributed by atoms with E-state index >= 15 is 0 Å². The van der Waals surface area contributed by atoms with Crippen LogP contribution in [0.25, 0.3) is 0 Å². The molecule has 1 fully saturated rings. The highest BCUT2D eigenvalue weighted by Gasteiger charge is 2.44. The molecule has 5 atom stereocenters. The van der Waals surface area contributed by atoms with Gasteiger partial charge in [0.1, 0.15) is 16.7 Å². The number of ether oxygens (including phenoxy) is 1. The summed E-state index contributed by atoms with van der Waals surface area (Å²) in [6, 6.07) is 11.8. The third-order valence-corrected chi connectivity index (χ3v) is 11.3. The second-order valence-electron chi connectivity index (χ2n) is 12.7. The summed E-state index contributed by atoms with van der Waals surface area (Å²) in [5.41, 5.74) is 3.75. The number of nitrogens with one attached hydrogen (secondary N) is 1. The lowest BCUT2D eigenvalue weighted by Crippen LogP contribution is -2.49. The van der Waals surface area contributed by atoms with E-state index in [2.05, 4.69) is 21.8 Å². The lowest BCUT2D eigenvalue weighted by atomic mass is 9.68. The number of aliphatic hydroxyl groups is 1. The van der Waals surface area contributed by atoms with Gasteiger partial charge in [-0.05, 0) is 112 Å². The molecule has 2 heterocycles. The Labute approximate surface area is 244 Å². The fraction of sp³-hybridized carbons (Fsp3) is 0.531. The minimum absolute atomic E-state index is 0.202. The molecule has 2 aliphatic heterocycles. The largest absolute Gasteiger partial charge is 0.490 e. The fourth-order valence-electron chi connectivity index (χ4n) is 7.00. The number of hydrogen-bond acceptors (Lipinski definition) is 5. The maximum Gasteiger partial charge on any atom is 0.263 e. The van der Waals surface area contributed by atoms with Gasteiger partial charge in [0.2, 0.25) is 0 Å². The minimum atomic E-state index is -1.58. The fourth-order valence-corrected chi connectivity index (χ4v) is 8.01. The molecule has 6 nitrogen and oxygen atoms in total. The van der Waals surface area contributed by atoms with Crippen LogP contribution in [-0.4, -0.2) is 45.8 Å². The van der Waals surface area contributed by atoms with Crippen LogP contribution in [0, 0.1) is 11.8 Å². The number of amides is 1. The molecule has 0 saturated heterocycles. The molecule has 2 aliphatic carbocycles. The monoisotopic (exact) mass is 582 g/mol. The first-order valence-corrected chi connectivity index (χ1v) is 16.0. The average Bonchev–Trinajstić information content (AvgIpc) is 3.05. The van der Waals surface area contributed by atoms with Crippen molar-refractivity contribution in [1.82, 2.24) is 4.72 Å². The van der Waals surface area contributed by atoms with Crippen molar-refractivity contribution in [3.63, 3.8) is 0 Å². The van der Waals surface area contributed by atoms with Crippen molar-refractivity contribution in [2.45, 2.75) is 75.1 Å². The zero-order chi connectivity index (χ0) is 28.1. The number of carbonyl (C=O) groups is 1. The van der Waals surface area contributed by atoms with Gasteiger partial charge in [0.05, 0.1) is 23.1 Å². The van der Waals surface area contributed by atoms with Gasteiger partial charge < -0.3 is 14.7 Å². The average molecular weight is 583 g/mol.